The minimum atomic E-state index is -0.145. The van der Waals surface area contributed by atoms with E-state index in [1.807, 2.05) is 13.8 Å². The molecule has 0 aromatic rings. The minimum Gasteiger partial charge on any atom is -0.394 e. The van der Waals surface area contributed by atoms with Crippen LogP contribution >= 0.6 is 0 Å². The Balaban J connectivity index is 4.27. The van der Waals surface area contributed by atoms with E-state index in [1.54, 1.807) is 14.2 Å². The molecule has 0 aliphatic rings. The monoisotopic (exact) mass is 219 g/mol. The van der Waals surface area contributed by atoms with E-state index in [1.165, 1.54) is 0 Å². The summed E-state index contributed by atoms with van der Waals surface area (Å²) in [5.74, 6) is 0.245. The molecule has 92 valence electrons. The zero-order chi connectivity index (χ0) is 11.8. The van der Waals surface area contributed by atoms with Crippen LogP contribution in [0.2, 0.25) is 0 Å². The van der Waals surface area contributed by atoms with Gasteiger partial charge in [-0.15, -0.1) is 0 Å². The van der Waals surface area contributed by atoms with Gasteiger partial charge in [0.15, 0.2) is 0 Å². The van der Waals surface area contributed by atoms with Crippen LogP contribution in [0.15, 0.2) is 0 Å². The van der Waals surface area contributed by atoms with Crippen molar-refractivity contribution in [3.05, 3.63) is 0 Å². The van der Waals surface area contributed by atoms with Crippen LogP contribution in [0.3, 0.4) is 0 Å². The molecule has 0 saturated heterocycles. The molecular formula is C11H25NO3. The molecule has 15 heavy (non-hydrogen) atoms. The Hall–Kier alpha value is -0.160. The van der Waals surface area contributed by atoms with Gasteiger partial charge in [0, 0.05) is 20.3 Å². The van der Waals surface area contributed by atoms with E-state index in [0.717, 1.165) is 12.8 Å². The summed E-state index contributed by atoms with van der Waals surface area (Å²) >= 11 is 0. The first-order valence-corrected chi connectivity index (χ1v) is 5.47. The van der Waals surface area contributed by atoms with Crippen molar-refractivity contribution in [3.63, 3.8) is 0 Å². The van der Waals surface area contributed by atoms with Gasteiger partial charge in [0.2, 0.25) is 0 Å². The van der Waals surface area contributed by atoms with E-state index in [-0.39, 0.29) is 30.8 Å². The fourth-order valence-corrected chi connectivity index (χ4v) is 1.82. The Morgan fingerprint density at radius 2 is 1.73 bits per heavy atom. The standard InChI is InChI=1S/C11H25NO3/c1-8(12)5-10(6-9(2)14-3)11(7-13)15-4/h8-11,13H,5-7,12H2,1-4H3. The van der Waals surface area contributed by atoms with Gasteiger partial charge in [-0.3, -0.25) is 0 Å². The van der Waals surface area contributed by atoms with Crippen LogP contribution in [0.4, 0.5) is 0 Å². The topological polar surface area (TPSA) is 64.7 Å². The van der Waals surface area contributed by atoms with Crippen LogP contribution in [-0.4, -0.2) is 44.2 Å². The third kappa shape index (κ3) is 6.10. The zero-order valence-electron chi connectivity index (χ0n) is 10.3. The minimum absolute atomic E-state index is 0.0321. The molecule has 0 rings (SSSR count). The quantitative estimate of drug-likeness (QED) is 0.633. The Bertz CT molecular complexity index is 149. The molecule has 0 aliphatic carbocycles. The van der Waals surface area contributed by atoms with E-state index in [2.05, 4.69) is 0 Å². The summed E-state index contributed by atoms with van der Waals surface area (Å²) in [7, 11) is 3.31. The van der Waals surface area contributed by atoms with Gasteiger partial charge >= 0.3 is 0 Å². The summed E-state index contributed by atoms with van der Waals surface area (Å²) in [5, 5.41) is 9.19. The first-order valence-electron chi connectivity index (χ1n) is 5.47. The highest BCUT2D eigenvalue weighted by molar-refractivity contribution is 4.75. The Morgan fingerprint density at radius 1 is 1.13 bits per heavy atom. The van der Waals surface area contributed by atoms with E-state index in [4.69, 9.17) is 15.2 Å². The van der Waals surface area contributed by atoms with Crippen LogP contribution in [0.25, 0.3) is 0 Å². The number of hydrogen-bond acceptors (Lipinski definition) is 4. The lowest BCUT2D eigenvalue weighted by molar-refractivity contribution is -0.0175. The van der Waals surface area contributed by atoms with Crippen LogP contribution in [0, 0.1) is 5.92 Å². The molecule has 0 radical (unpaired) electrons. The molecule has 3 N–H and O–H groups in total. The largest absolute Gasteiger partial charge is 0.394 e. The van der Waals surface area contributed by atoms with Crippen molar-refractivity contribution >= 4 is 0 Å². The van der Waals surface area contributed by atoms with Gasteiger partial charge in [0.1, 0.15) is 0 Å². The van der Waals surface area contributed by atoms with Gasteiger partial charge in [-0.1, -0.05) is 0 Å². The van der Waals surface area contributed by atoms with Gasteiger partial charge < -0.3 is 20.3 Å². The molecule has 4 nitrogen and oxygen atoms in total. The highest BCUT2D eigenvalue weighted by atomic mass is 16.5. The number of hydrogen-bond donors (Lipinski definition) is 2. The van der Waals surface area contributed by atoms with Crippen LogP contribution in [0.5, 0.6) is 0 Å². The molecule has 0 bridgehead atoms. The average molecular weight is 219 g/mol. The normalized spacial score (nSPS) is 19.6. The average Bonchev–Trinajstić information content (AvgIpc) is 2.18. The molecule has 0 aliphatic heterocycles. The Kier molecular flexibility index (Phi) is 7.96. The number of aliphatic hydroxyl groups is 1. The van der Waals surface area contributed by atoms with Crippen molar-refractivity contribution in [2.45, 2.75) is 44.9 Å². The highest BCUT2D eigenvalue weighted by Crippen LogP contribution is 2.20. The summed E-state index contributed by atoms with van der Waals surface area (Å²) in [6.07, 6.45) is 1.72. The maximum absolute atomic E-state index is 9.19. The molecule has 4 unspecified atom stereocenters. The lowest BCUT2D eigenvalue weighted by atomic mass is 9.90. The second-order valence-corrected chi connectivity index (χ2v) is 4.21. The van der Waals surface area contributed by atoms with E-state index in [9.17, 15) is 5.11 Å². The maximum Gasteiger partial charge on any atom is 0.0831 e. The number of methoxy groups -OCH3 is 2. The Labute approximate surface area is 92.7 Å². The lowest BCUT2D eigenvalue weighted by Gasteiger charge is -2.27. The third-order valence-electron chi connectivity index (χ3n) is 2.72. The summed E-state index contributed by atoms with van der Waals surface area (Å²) < 4.78 is 10.5. The molecule has 4 atom stereocenters. The van der Waals surface area contributed by atoms with E-state index >= 15 is 0 Å². The third-order valence-corrected chi connectivity index (χ3v) is 2.72. The van der Waals surface area contributed by atoms with Crippen LogP contribution in [0.1, 0.15) is 26.7 Å². The fraction of sp³-hybridized carbons (Fsp3) is 1.00. The summed E-state index contributed by atoms with van der Waals surface area (Å²) in [6, 6.07) is 0.114. The van der Waals surface area contributed by atoms with Gasteiger partial charge in [-0.05, 0) is 32.6 Å². The Morgan fingerprint density at radius 3 is 2.07 bits per heavy atom. The summed E-state index contributed by atoms with van der Waals surface area (Å²) in [4.78, 5) is 0. The van der Waals surface area contributed by atoms with Crippen molar-refractivity contribution in [2.24, 2.45) is 11.7 Å². The number of nitrogens with two attached hydrogens (primary N) is 1. The maximum atomic E-state index is 9.19. The van der Waals surface area contributed by atoms with Crippen molar-refractivity contribution in [3.8, 4) is 0 Å². The molecule has 0 fully saturated rings. The lowest BCUT2D eigenvalue weighted by Crippen LogP contribution is -2.34. The van der Waals surface area contributed by atoms with Crippen LogP contribution < -0.4 is 5.73 Å². The number of ether oxygens (including phenoxy) is 2. The predicted octanol–water partition coefficient (Wildman–Crippen LogP) is 0.772. The smallest absolute Gasteiger partial charge is 0.0831 e. The fourth-order valence-electron chi connectivity index (χ4n) is 1.82. The first-order chi connectivity index (χ1) is 7.04. The SMILES string of the molecule is COC(C)CC(CC(C)N)C(CO)OC. The van der Waals surface area contributed by atoms with E-state index < -0.39 is 0 Å². The molecule has 4 heteroatoms. The first kappa shape index (κ1) is 14.8. The number of aliphatic hydroxyl groups excluding tert-OH is 1. The van der Waals surface area contributed by atoms with Gasteiger partial charge in [0.05, 0.1) is 18.8 Å². The molecule has 0 saturated carbocycles. The molecule has 0 spiro atoms. The molecule has 0 amide bonds. The molecule has 0 aromatic heterocycles. The predicted molar refractivity (Wildman–Crippen MR) is 60.7 cm³/mol. The molecule has 0 aromatic carbocycles. The van der Waals surface area contributed by atoms with Crippen molar-refractivity contribution in [1.82, 2.24) is 0 Å². The van der Waals surface area contributed by atoms with Gasteiger partial charge in [-0.2, -0.15) is 0 Å². The molecule has 0 heterocycles. The summed E-state index contributed by atoms with van der Waals surface area (Å²) in [5.41, 5.74) is 5.78. The summed E-state index contributed by atoms with van der Waals surface area (Å²) in [6.45, 7) is 4.01. The van der Waals surface area contributed by atoms with Crippen LogP contribution in [-0.2, 0) is 9.47 Å². The van der Waals surface area contributed by atoms with E-state index in [0.29, 0.717) is 0 Å². The number of rotatable bonds is 8. The second-order valence-electron chi connectivity index (χ2n) is 4.21. The second kappa shape index (κ2) is 8.05. The zero-order valence-corrected chi connectivity index (χ0v) is 10.3. The van der Waals surface area contributed by atoms with Crippen molar-refractivity contribution in [2.75, 3.05) is 20.8 Å². The van der Waals surface area contributed by atoms with Gasteiger partial charge in [-0.25, -0.2) is 0 Å². The van der Waals surface area contributed by atoms with Gasteiger partial charge in [0.25, 0.3) is 0 Å². The van der Waals surface area contributed by atoms with Crippen molar-refractivity contribution < 1.29 is 14.6 Å². The van der Waals surface area contributed by atoms with Crippen molar-refractivity contribution in [1.29, 1.82) is 0 Å². The highest BCUT2D eigenvalue weighted by Gasteiger charge is 2.23. The molecular weight excluding hydrogens is 194 g/mol.